The predicted molar refractivity (Wildman–Crippen MR) is 89.5 cm³/mol. The van der Waals surface area contributed by atoms with Crippen LogP contribution in [-0.4, -0.2) is 26.3 Å². The molecule has 2 aromatic carbocycles. The van der Waals surface area contributed by atoms with Gasteiger partial charge in [-0.1, -0.05) is 47.6 Å². The quantitative estimate of drug-likeness (QED) is 0.703. The van der Waals surface area contributed by atoms with Crippen molar-refractivity contribution in [2.75, 3.05) is 5.75 Å². The lowest BCUT2D eigenvalue weighted by Crippen LogP contribution is -2.13. The number of aromatic nitrogens is 3. The Morgan fingerprint density at radius 2 is 1.83 bits per heavy atom. The fourth-order valence-electron chi connectivity index (χ4n) is 2.32. The summed E-state index contributed by atoms with van der Waals surface area (Å²) >= 11 is 7.79. The van der Waals surface area contributed by atoms with Crippen LogP contribution in [0.15, 0.2) is 58.8 Å². The largest absolute Gasteiger partial charge is 0.212 e. The summed E-state index contributed by atoms with van der Waals surface area (Å²) in [6.45, 7) is 0. The molecule has 0 spiro atoms. The van der Waals surface area contributed by atoms with Crippen molar-refractivity contribution >= 4 is 29.1 Å². The van der Waals surface area contributed by atoms with Crippen molar-refractivity contribution in [2.45, 2.75) is 5.16 Å². The zero-order chi connectivity index (χ0) is 15.8. The molecule has 1 aliphatic heterocycles. The Labute approximate surface area is 141 Å². The van der Waals surface area contributed by atoms with Crippen LogP contribution in [-0.2, 0) is 0 Å². The highest BCUT2D eigenvalue weighted by Crippen LogP contribution is 2.31. The first-order valence-corrected chi connectivity index (χ1v) is 8.25. The van der Waals surface area contributed by atoms with E-state index in [-0.39, 0.29) is 5.82 Å². The smallest absolute Gasteiger partial charge is 0.207 e. The van der Waals surface area contributed by atoms with Gasteiger partial charge in [-0.05, 0) is 29.8 Å². The van der Waals surface area contributed by atoms with E-state index in [0.29, 0.717) is 21.8 Å². The summed E-state index contributed by atoms with van der Waals surface area (Å²) in [5.41, 5.74) is 2.50. The van der Waals surface area contributed by atoms with E-state index >= 15 is 0 Å². The molecule has 0 saturated carbocycles. The molecule has 1 aliphatic rings. The first-order valence-electron chi connectivity index (χ1n) is 6.89. The molecule has 4 nitrogen and oxygen atoms in total. The minimum absolute atomic E-state index is 0.264. The highest BCUT2D eigenvalue weighted by molar-refractivity contribution is 7.99. The average molecular weight is 345 g/mol. The standard InChI is InChI=1S/C16H10ClFN4S/c17-13-4-2-1-3-12(13)15-19-20-16-22(15)21-14(9-23-16)10-5-7-11(18)8-6-10/h1-8H,9H2. The Morgan fingerprint density at radius 1 is 1.04 bits per heavy atom. The van der Waals surface area contributed by atoms with E-state index in [1.807, 2.05) is 18.2 Å². The van der Waals surface area contributed by atoms with Gasteiger partial charge in [0.2, 0.25) is 5.16 Å². The van der Waals surface area contributed by atoms with Gasteiger partial charge in [0.05, 0.1) is 10.7 Å². The molecule has 114 valence electrons. The topological polar surface area (TPSA) is 43.1 Å². The normalized spacial score (nSPS) is 13.6. The van der Waals surface area contributed by atoms with Gasteiger partial charge < -0.3 is 0 Å². The van der Waals surface area contributed by atoms with Crippen LogP contribution in [0.25, 0.3) is 11.4 Å². The Bertz CT molecular complexity index is 905. The van der Waals surface area contributed by atoms with Gasteiger partial charge in [0.1, 0.15) is 5.82 Å². The third kappa shape index (κ3) is 2.64. The summed E-state index contributed by atoms with van der Waals surface area (Å²) in [6.07, 6.45) is 0. The van der Waals surface area contributed by atoms with Crippen molar-refractivity contribution in [3.63, 3.8) is 0 Å². The lowest BCUT2D eigenvalue weighted by atomic mass is 10.1. The molecule has 0 N–H and O–H groups in total. The van der Waals surface area contributed by atoms with E-state index < -0.39 is 0 Å². The lowest BCUT2D eigenvalue weighted by Gasteiger charge is -2.14. The fraction of sp³-hybridized carbons (Fsp3) is 0.0625. The average Bonchev–Trinajstić information content (AvgIpc) is 2.99. The molecular weight excluding hydrogens is 335 g/mol. The van der Waals surface area contributed by atoms with Crippen molar-refractivity contribution < 1.29 is 4.39 Å². The minimum atomic E-state index is -0.264. The molecule has 0 aliphatic carbocycles. The molecule has 0 bridgehead atoms. The van der Waals surface area contributed by atoms with Crippen molar-refractivity contribution in [3.05, 3.63) is 64.9 Å². The van der Waals surface area contributed by atoms with E-state index in [1.165, 1.54) is 23.9 Å². The van der Waals surface area contributed by atoms with Crippen LogP contribution in [0.1, 0.15) is 5.56 Å². The summed E-state index contributed by atoms with van der Waals surface area (Å²) in [5.74, 6) is 0.990. The number of hydrogen-bond donors (Lipinski definition) is 0. The number of nitrogens with zero attached hydrogens (tertiary/aromatic N) is 4. The maximum Gasteiger partial charge on any atom is 0.212 e. The molecular formula is C16H10ClFN4S. The van der Waals surface area contributed by atoms with Gasteiger partial charge in [-0.25, -0.2) is 4.39 Å². The summed E-state index contributed by atoms with van der Waals surface area (Å²) in [4.78, 5) is 0. The van der Waals surface area contributed by atoms with Crippen LogP contribution < -0.4 is 0 Å². The van der Waals surface area contributed by atoms with Crippen LogP contribution in [0, 0.1) is 5.82 Å². The van der Waals surface area contributed by atoms with Crippen molar-refractivity contribution in [1.82, 2.24) is 14.9 Å². The zero-order valence-corrected chi connectivity index (χ0v) is 13.4. The molecule has 0 fully saturated rings. The summed E-state index contributed by atoms with van der Waals surface area (Å²) in [6, 6.07) is 13.7. The molecule has 0 radical (unpaired) electrons. The van der Waals surface area contributed by atoms with Crippen LogP contribution in [0.4, 0.5) is 4.39 Å². The second kappa shape index (κ2) is 5.79. The molecule has 0 saturated heterocycles. The van der Waals surface area contributed by atoms with Crippen molar-refractivity contribution in [1.29, 1.82) is 0 Å². The number of benzene rings is 2. The van der Waals surface area contributed by atoms with Crippen LogP contribution >= 0.6 is 23.4 Å². The van der Waals surface area contributed by atoms with E-state index in [9.17, 15) is 4.39 Å². The first kappa shape index (κ1) is 14.4. The van der Waals surface area contributed by atoms with Gasteiger partial charge in [0.25, 0.3) is 0 Å². The van der Waals surface area contributed by atoms with Crippen molar-refractivity contribution in [3.8, 4) is 11.4 Å². The molecule has 0 unspecified atom stereocenters. The molecule has 2 heterocycles. The third-order valence-electron chi connectivity index (χ3n) is 3.46. The number of rotatable bonds is 2. The molecule has 0 atom stereocenters. The van der Waals surface area contributed by atoms with Gasteiger partial charge >= 0.3 is 0 Å². The highest BCUT2D eigenvalue weighted by Gasteiger charge is 2.21. The SMILES string of the molecule is Fc1ccc(C2=Nn3c(nnc3-c3ccccc3Cl)SC2)cc1. The summed E-state index contributed by atoms with van der Waals surface area (Å²) in [7, 11) is 0. The van der Waals surface area contributed by atoms with E-state index in [4.69, 9.17) is 11.6 Å². The molecule has 4 rings (SSSR count). The number of halogens is 2. The predicted octanol–water partition coefficient (Wildman–Crippen LogP) is 4.10. The van der Waals surface area contributed by atoms with E-state index in [1.54, 1.807) is 22.9 Å². The third-order valence-corrected chi connectivity index (χ3v) is 4.72. The summed E-state index contributed by atoms with van der Waals surface area (Å²) in [5, 5.41) is 14.3. The number of thioether (sulfide) groups is 1. The molecule has 3 aromatic rings. The van der Waals surface area contributed by atoms with Crippen LogP contribution in [0.3, 0.4) is 0 Å². The van der Waals surface area contributed by atoms with Gasteiger partial charge in [0.15, 0.2) is 5.82 Å². The Hall–Kier alpha value is -2.18. The minimum Gasteiger partial charge on any atom is -0.207 e. The molecule has 1 aromatic heterocycles. The van der Waals surface area contributed by atoms with Gasteiger partial charge in [-0.15, -0.1) is 10.2 Å². The Kier molecular flexibility index (Phi) is 3.63. The zero-order valence-electron chi connectivity index (χ0n) is 11.8. The first-order chi connectivity index (χ1) is 11.2. The number of fused-ring (bicyclic) bond motifs is 1. The maximum atomic E-state index is 13.1. The molecule has 0 amide bonds. The lowest BCUT2D eigenvalue weighted by molar-refractivity contribution is 0.627. The molecule has 23 heavy (non-hydrogen) atoms. The van der Waals surface area contributed by atoms with Crippen molar-refractivity contribution in [2.24, 2.45) is 5.10 Å². The monoisotopic (exact) mass is 344 g/mol. The van der Waals surface area contributed by atoms with Gasteiger partial charge in [0, 0.05) is 11.3 Å². The van der Waals surface area contributed by atoms with Gasteiger partial charge in [-0.3, -0.25) is 0 Å². The van der Waals surface area contributed by atoms with Crippen LogP contribution in [0.5, 0.6) is 0 Å². The van der Waals surface area contributed by atoms with Crippen LogP contribution in [0.2, 0.25) is 5.02 Å². The fourth-order valence-corrected chi connectivity index (χ4v) is 3.38. The number of hydrogen-bond acceptors (Lipinski definition) is 4. The van der Waals surface area contributed by atoms with E-state index in [2.05, 4.69) is 15.3 Å². The van der Waals surface area contributed by atoms with Gasteiger partial charge in [-0.2, -0.15) is 9.78 Å². The maximum absolute atomic E-state index is 13.1. The molecule has 7 heteroatoms. The van der Waals surface area contributed by atoms with E-state index in [0.717, 1.165) is 16.8 Å². The Balaban J connectivity index is 1.81. The second-order valence-corrected chi connectivity index (χ2v) is 6.29. The Morgan fingerprint density at radius 3 is 2.61 bits per heavy atom. The highest BCUT2D eigenvalue weighted by atomic mass is 35.5. The second-order valence-electron chi connectivity index (χ2n) is 4.94. The summed E-state index contributed by atoms with van der Waals surface area (Å²) < 4.78 is 14.8.